The van der Waals surface area contributed by atoms with Crippen molar-refractivity contribution in [2.75, 3.05) is 19.6 Å². The second-order valence-corrected chi connectivity index (χ2v) is 9.40. The summed E-state index contributed by atoms with van der Waals surface area (Å²) >= 11 is 0. The van der Waals surface area contributed by atoms with E-state index in [-0.39, 0.29) is 29.2 Å². The lowest BCUT2D eigenvalue weighted by molar-refractivity contribution is -0.121. The first-order valence-corrected chi connectivity index (χ1v) is 14.5. The van der Waals surface area contributed by atoms with Crippen LogP contribution in [0.15, 0.2) is 97.2 Å². The van der Waals surface area contributed by atoms with Crippen LogP contribution in [0.4, 0.5) is 0 Å². The van der Waals surface area contributed by atoms with Crippen molar-refractivity contribution in [3.8, 4) is 5.75 Å². The van der Waals surface area contributed by atoms with Crippen LogP contribution in [0.1, 0.15) is 75.6 Å². The Kier molecular flexibility index (Phi) is 21.0. The van der Waals surface area contributed by atoms with Crippen LogP contribution >= 0.6 is 0 Å². The van der Waals surface area contributed by atoms with Gasteiger partial charge in [0.05, 0.1) is 5.56 Å². The van der Waals surface area contributed by atoms with Gasteiger partial charge in [0.2, 0.25) is 5.91 Å². The standard InChI is InChI=1S/C34H49N3O3/c1-3-4-5-6-7-8-9-10-11-12-13-14-15-16-17-18-19-20-21-26-33(39)37-30(2)29-35-27-28-36-34(40)31-24-22-23-25-32(31)38/h4-5,7-8,10-11,13-14,16-17,19-20,22-25,30,35,38H,3,6,9,12,15,18,21,26-29H2,1-2H3,(H,36,40)(H,37,39). The highest BCUT2D eigenvalue weighted by Crippen LogP contribution is 2.14. The Bertz CT molecular complexity index is 1010. The fraction of sp³-hybridized carbons (Fsp3) is 0.412. The fourth-order valence-corrected chi connectivity index (χ4v) is 3.60. The predicted molar refractivity (Wildman–Crippen MR) is 168 cm³/mol. The van der Waals surface area contributed by atoms with Crippen molar-refractivity contribution in [1.29, 1.82) is 0 Å². The lowest BCUT2D eigenvalue weighted by Gasteiger charge is -2.15. The smallest absolute Gasteiger partial charge is 0.255 e. The van der Waals surface area contributed by atoms with Gasteiger partial charge in [0.15, 0.2) is 0 Å². The summed E-state index contributed by atoms with van der Waals surface area (Å²) < 4.78 is 0. The third kappa shape index (κ3) is 19.4. The Morgan fingerprint density at radius 3 is 1.85 bits per heavy atom. The topological polar surface area (TPSA) is 90.5 Å². The van der Waals surface area contributed by atoms with E-state index in [2.05, 4.69) is 95.8 Å². The monoisotopic (exact) mass is 547 g/mol. The molecule has 1 aromatic rings. The Morgan fingerprint density at radius 2 is 1.30 bits per heavy atom. The van der Waals surface area contributed by atoms with Gasteiger partial charge < -0.3 is 21.1 Å². The fourth-order valence-electron chi connectivity index (χ4n) is 3.60. The third-order valence-corrected chi connectivity index (χ3v) is 5.73. The molecule has 0 aliphatic rings. The van der Waals surface area contributed by atoms with Crippen molar-refractivity contribution in [3.63, 3.8) is 0 Å². The quantitative estimate of drug-likeness (QED) is 0.102. The molecule has 0 aromatic heterocycles. The number of benzene rings is 1. The summed E-state index contributed by atoms with van der Waals surface area (Å²) in [6, 6.07) is 6.44. The number of carbonyl (C=O) groups is 2. The number of amides is 2. The summed E-state index contributed by atoms with van der Waals surface area (Å²) in [4.78, 5) is 24.2. The largest absolute Gasteiger partial charge is 0.507 e. The summed E-state index contributed by atoms with van der Waals surface area (Å²) in [5, 5.41) is 18.7. The molecule has 40 heavy (non-hydrogen) atoms. The molecule has 6 heteroatoms. The van der Waals surface area contributed by atoms with Crippen LogP contribution in [-0.4, -0.2) is 42.6 Å². The summed E-state index contributed by atoms with van der Waals surface area (Å²) in [7, 11) is 0. The van der Waals surface area contributed by atoms with Crippen LogP contribution in [0.2, 0.25) is 0 Å². The van der Waals surface area contributed by atoms with Gasteiger partial charge in [-0.1, -0.05) is 92.0 Å². The first-order chi connectivity index (χ1) is 19.5. The van der Waals surface area contributed by atoms with Crippen LogP contribution in [0.5, 0.6) is 5.75 Å². The molecular weight excluding hydrogens is 498 g/mol. The lowest BCUT2D eigenvalue weighted by atomic mass is 10.2. The van der Waals surface area contributed by atoms with Crippen LogP contribution < -0.4 is 16.0 Å². The van der Waals surface area contributed by atoms with E-state index in [4.69, 9.17) is 0 Å². The molecule has 0 bridgehead atoms. The van der Waals surface area contributed by atoms with Gasteiger partial charge in [0, 0.05) is 32.1 Å². The molecule has 1 atom stereocenters. The predicted octanol–water partition coefficient (Wildman–Crippen LogP) is 6.69. The minimum Gasteiger partial charge on any atom is -0.507 e. The highest BCUT2D eigenvalue weighted by atomic mass is 16.3. The molecule has 0 radical (unpaired) electrons. The second kappa shape index (κ2) is 24.4. The number of para-hydroxylation sites is 1. The lowest BCUT2D eigenvalue weighted by Crippen LogP contribution is -2.42. The molecule has 0 aliphatic heterocycles. The first kappa shape index (κ1) is 34.4. The van der Waals surface area contributed by atoms with E-state index in [1.807, 2.05) is 6.92 Å². The molecule has 2 amide bonds. The number of carbonyl (C=O) groups excluding carboxylic acids is 2. The number of rotatable bonds is 21. The van der Waals surface area contributed by atoms with Crippen molar-refractivity contribution >= 4 is 11.8 Å². The Hall–Kier alpha value is -3.64. The number of phenols is 1. The van der Waals surface area contributed by atoms with E-state index in [0.717, 1.165) is 44.9 Å². The van der Waals surface area contributed by atoms with Gasteiger partial charge in [-0.3, -0.25) is 9.59 Å². The van der Waals surface area contributed by atoms with Crippen molar-refractivity contribution in [3.05, 3.63) is 103 Å². The molecule has 0 spiro atoms. The van der Waals surface area contributed by atoms with Gasteiger partial charge in [-0.05, 0) is 64.0 Å². The van der Waals surface area contributed by atoms with Crippen molar-refractivity contribution in [2.45, 2.75) is 71.3 Å². The van der Waals surface area contributed by atoms with Gasteiger partial charge in [-0.2, -0.15) is 0 Å². The van der Waals surface area contributed by atoms with E-state index in [1.165, 1.54) is 6.07 Å². The van der Waals surface area contributed by atoms with Gasteiger partial charge in [-0.25, -0.2) is 0 Å². The average Bonchev–Trinajstić information content (AvgIpc) is 2.94. The normalized spacial score (nSPS) is 13.1. The van der Waals surface area contributed by atoms with Crippen molar-refractivity contribution in [1.82, 2.24) is 16.0 Å². The maximum absolute atomic E-state index is 12.1. The molecule has 0 fully saturated rings. The van der Waals surface area contributed by atoms with Crippen LogP contribution in [0.25, 0.3) is 0 Å². The summed E-state index contributed by atoms with van der Waals surface area (Å²) in [6.45, 7) is 5.70. The van der Waals surface area contributed by atoms with Crippen molar-refractivity contribution < 1.29 is 14.7 Å². The molecule has 4 N–H and O–H groups in total. The maximum Gasteiger partial charge on any atom is 0.255 e. The average molecular weight is 548 g/mol. The molecule has 0 heterocycles. The number of phenolic OH excluding ortho intramolecular Hbond substituents is 1. The van der Waals surface area contributed by atoms with Gasteiger partial charge in [0.1, 0.15) is 5.75 Å². The number of aromatic hydroxyl groups is 1. The van der Waals surface area contributed by atoms with Crippen molar-refractivity contribution in [2.24, 2.45) is 0 Å². The van der Waals surface area contributed by atoms with E-state index < -0.39 is 0 Å². The summed E-state index contributed by atoms with van der Waals surface area (Å²) in [6.07, 6.45) is 33.1. The maximum atomic E-state index is 12.1. The zero-order valence-corrected chi connectivity index (χ0v) is 24.4. The van der Waals surface area contributed by atoms with Crippen LogP contribution in [-0.2, 0) is 4.79 Å². The van der Waals surface area contributed by atoms with Gasteiger partial charge in [-0.15, -0.1) is 0 Å². The molecule has 6 nitrogen and oxygen atoms in total. The Balaban J connectivity index is 2.00. The Labute approximate surface area is 241 Å². The third-order valence-electron chi connectivity index (χ3n) is 5.73. The molecule has 0 aliphatic carbocycles. The minimum atomic E-state index is -0.310. The summed E-state index contributed by atoms with van der Waals surface area (Å²) in [5.74, 6) is -0.314. The minimum absolute atomic E-state index is 0.00774. The first-order valence-electron chi connectivity index (χ1n) is 14.5. The number of nitrogens with one attached hydrogen (secondary N) is 3. The molecule has 218 valence electrons. The SMILES string of the molecule is CCC=CCC=CCC=CCC=CCC=CCC=CCCC(=O)NC(C)CNCCNC(=O)c1ccccc1O. The molecule has 1 unspecified atom stereocenters. The Morgan fingerprint density at radius 1 is 0.775 bits per heavy atom. The molecular formula is C34H49N3O3. The van der Waals surface area contributed by atoms with E-state index in [0.29, 0.717) is 26.1 Å². The highest BCUT2D eigenvalue weighted by molar-refractivity contribution is 5.96. The number of hydrogen-bond acceptors (Lipinski definition) is 4. The van der Waals surface area contributed by atoms with Crippen LogP contribution in [0.3, 0.4) is 0 Å². The van der Waals surface area contributed by atoms with E-state index in [1.54, 1.807) is 18.2 Å². The molecule has 1 rings (SSSR count). The zero-order chi connectivity index (χ0) is 29.1. The second-order valence-electron chi connectivity index (χ2n) is 9.40. The molecule has 1 aromatic carbocycles. The van der Waals surface area contributed by atoms with Crippen LogP contribution in [0, 0.1) is 0 Å². The number of allylic oxidation sites excluding steroid dienone is 12. The van der Waals surface area contributed by atoms with E-state index >= 15 is 0 Å². The molecule has 0 saturated heterocycles. The summed E-state index contributed by atoms with van der Waals surface area (Å²) in [5.41, 5.74) is 0.259. The zero-order valence-electron chi connectivity index (χ0n) is 24.4. The van der Waals surface area contributed by atoms with Gasteiger partial charge in [0.25, 0.3) is 5.91 Å². The van der Waals surface area contributed by atoms with E-state index in [9.17, 15) is 14.7 Å². The number of hydrogen-bond donors (Lipinski definition) is 4. The highest BCUT2D eigenvalue weighted by Gasteiger charge is 2.09. The molecule has 0 saturated carbocycles. The van der Waals surface area contributed by atoms with Gasteiger partial charge >= 0.3 is 0 Å².